The van der Waals surface area contributed by atoms with Crippen molar-refractivity contribution in [1.29, 1.82) is 0 Å². The molecule has 142 valence electrons. The van der Waals surface area contributed by atoms with Gasteiger partial charge < -0.3 is 19.7 Å². The number of ether oxygens (including phenoxy) is 2. The van der Waals surface area contributed by atoms with Gasteiger partial charge in [-0.05, 0) is 66.8 Å². The third-order valence-electron chi connectivity index (χ3n) is 4.23. The molecule has 1 aromatic carbocycles. The maximum atomic E-state index is 12.9. The molecule has 0 radical (unpaired) electrons. The summed E-state index contributed by atoms with van der Waals surface area (Å²) in [7, 11) is 3.55. The molecule has 1 unspecified atom stereocenters. The first-order valence-corrected chi connectivity index (χ1v) is 9.34. The Morgan fingerprint density at radius 3 is 2.84 bits per heavy atom. The topological polar surface area (TPSA) is 50.8 Å². The highest BCUT2D eigenvalue weighted by Crippen LogP contribution is 2.37. The summed E-state index contributed by atoms with van der Waals surface area (Å²) >= 11 is 3.51. The molecular formula is C18H28BrClN2O3. The van der Waals surface area contributed by atoms with Crippen LogP contribution in [0.25, 0.3) is 0 Å². The molecule has 25 heavy (non-hydrogen) atoms. The number of hydrogen-bond donors (Lipinski definition) is 1. The van der Waals surface area contributed by atoms with E-state index < -0.39 is 0 Å². The molecule has 0 aromatic heterocycles. The number of piperidine rings is 1. The Balaban J connectivity index is 0.00000312. The van der Waals surface area contributed by atoms with Gasteiger partial charge in [0.1, 0.15) is 0 Å². The summed E-state index contributed by atoms with van der Waals surface area (Å²) in [5, 5.41) is 3.21. The van der Waals surface area contributed by atoms with Crippen LogP contribution in [-0.4, -0.2) is 51.2 Å². The summed E-state index contributed by atoms with van der Waals surface area (Å²) in [5.74, 6) is 1.81. The smallest absolute Gasteiger partial charge is 0.254 e. The van der Waals surface area contributed by atoms with Gasteiger partial charge in [-0.25, -0.2) is 0 Å². The standard InChI is InChI=1S/C18H27BrN2O3.ClH/c1-4-8-24-17-15(19)9-14(10-16(17)23-3)18(22)21-7-5-6-13(12-21)11-20-2;/h9-10,13,20H,4-8,11-12H2,1-3H3;1H. The van der Waals surface area contributed by atoms with Crippen LogP contribution in [0.5, 0.6) is 11.5 Å². The first-order valence-electron chi connectivity index (χ1n) is 8.54. The monoisotopic (exact) mass is 434 g/mol. The fourth-order valence-electron chi connectivity index (χ4n) is 3.07. The normalized spacial score (nSPS) is 17.0. The van der Waals surface area contributed by atoms with Gasteiger partial charge >= 0.3 is 0 Å². The highest BCUT2D eigenvalue weighted by molar-refractivity contribution is 9.10. The van der Waals surface area contributed by atoms with Crippen LogP contribution in [0, 0.1) is 5.92 Å². The van der Waals surface area contributed by atoms with E-state index >= 15 is 0 Å². The molecule has 1 saturated heterocycles. The predicted octanol–water partition coefficient (Wildman–Crippen LogP) is 3.74. The van der Waals surface area contributed by atoms with Gasteiger partial charge in [0, 0.05) is 18.7 Å². The van der Waals surface area contributed by atoms with Crippen LogP contribution >= 0.6 is 28.3 Å². The van der Waals surface area contributed by atoms with E-state index in [0.717, 1.165) is 36.9 Å². The van der Waals surface area contributed by atoms with E-state index in [1.165, 1.54) is 6.42 Å². The lowest BCUT2D eigenvalue weighted by molar-refractivity contribution is 0.0673. The Morgan fingerprint density at radius 2 is 2.20 bits per heavy atom. The van der Waals surface area contributed by atoms with E-state index in [1.807, 2.05) is 18.0 Å². The van der Waals surface area contributed by atoms with Gasteiger partial charge in [-0.15, -0.1) is 12.4 Å². The molecule has 2 rings (SSSR count). The fourth-order valence-corrected chi connectivity index (χ4v) is 3.63. The van der Waals surface area contributed by atoms with E-state index in [4.69, 9.17) is 9.47 Å². The highest BCUT2D eigenvalue weighted by atomic mass is 79.9. The Bertz CT molecular complexity index is 569. The number of halogens is 2. The van der Waals surface area contributed by atoms with Crippen LogP contribution in [0.1, 0.15) is 36.5 Å². The van der Waals surface area contributed by atoms with Gasteiger partial charge in [-0.1, -0.05) is 6.92 Å². The summed E-state index contributed by atoms with van der Waals surface area (Å²) in [6.45, 7) is 5.22. The first kappa shape index (κ1) is 22.1. The fraction of sp³-hybridized carbons (Fsp3) is 0.611. The van der Waals surface area contributed by atoms with Gasteiger partial charge in [0.25, 0.3) is 5.91 Å². The third kappa shape index (κ3) is 5.76. The highest BCUT2D eigenvalue weighted by Gasteiger charge is 2.25. The molecule has 0 bridgehead atoms. The molecule has 0 saturated carbocycles. The Morgan fingerprint density at radius 1 is 1.44 bits per heavy atom. The maximum absolute atomic E-state index is 12.9. The molecule has 5 nitrogen and oxygen atoms in total. The first-order chi connectivity index (χ1) is 11.6. The summed E-state index contributed by atoms with van der Waals surface area (Å²) in [4.78, 5) is 14.8. The molecule has 1 amide bonds. The lowest BCUT2D eigenvalue weighted by atomic mass is 9.97. The lowest BCUT2D eigenvalue weighted by Crippen LogP contribution is -2.42. The Labute approximate surface area is 165 Å². The SMILES string of the molecule is CCCOc1c(Br)cc(C(=O)N2CCCC(CNC)C2)cc1OC.Cl. The minimum atomic E-state index is 0. The van der Waals surface area contributed by atoms with E-state index in [1.54, 1.807) is 13.2 Å². The molecule has 1 fully saturated rings. The number of amides is 1. The summed E-state index contributed by atoms with van der Waals surface area (Å²) in [6, 6.07) is 3.61. The minimum Gasteiger partial charge on any atom is -0.493 e. The number of carbonyl (C=O) groups is 1. The number of likely N-dealkylation sites (tertiary alicyclic amines) is 1. The van der Waals surface area contributed by atoms with Crippen molar-refractivity contribution in [2.24, 2.45) is 5.92 Å². The Hall–Kier alpha value is -0.980. The van der Waals surface area contributed by atoms with Crippen molar-refractivity contribution in [3.8, 4) is 11.5 Å². The van der Waals surface area contributed by atoms with Crippen LogP contribution in [0.4, 0.5) is 0 Å². The van der Waals surface area contributed by atoms with Gasteiger partial charge in [0.05, 0.1) is 18.2 Å². The van der Waals surface area contributed by atoms with Gasteiger partial charge in [-0.3, -0.25) is 4.79 Å². The second-order valence-corrected chi connectivity index (χ2v) is 7.01. The van der Waals surface area contributed by atoms with Crippen LogP contribution in [-0.2, 0) is 0 Å². The summed E-state index contributed by atoms with van der Waals surface area (Å²) < 4.78 is 11.9. The zero-order valence-corrected chi connectivity index (χ0v) is 17.5. The van der Waals surface area contributed by atoms with Gasteiger partial charge in [-0.2, -0.15) is 0 Å². The molecular weight excluding hydrogens is 408 g/mol. The number of benzene rings is 1. The van der Waals surface area contributed by atoms with Crippen molar-refractivity contribution in [2.45, 2.75) is 26.2 Å². The van der Waals surface area contributed by atoms with Gasteiger partial charge in [0.2, 0.25) is 0 Å². The van der Waals surface area contributed by atoms with Crippen molar-refractivity contribution in [1.82, 2.24) is 10.2 Å². The third-order valence-corrected chi connectivity index (χ3v) is 4.81. The molecule has 0 spiro atoms. The molecule has 7 heteroatoms. The number of nitrogens with zero attached hydrogens (tertiary/aromatic N) is 1. The predicted molar refractivity (Wildman–Crippen MR) is 106 cm³/mol. The van der Waals surface area contributed by atoms with Gasteiger partial charge in [0.15, 0.2) is 11.5 Å². The average molecular weight is 436 g/mol. The number of nitrogens with one attached hydrogen (secondary N) is 1. The zero-order valence-electron chi connectivity index (χ0n) is 15.1. The molecule has 1 aliphatic rings. The van der Waals surface area contributed by atoms with Crippen molar-refractivity contribution < 1.29 is 14.3 Å². The second kappa shape index (κ2) is 10.9. The number of methoxy groups -OCH3 is 1. The summed E-state index contributed by atoms with van der Waals surface area (Å²) in [5.41, 5.74) is 0.632. The van der Waals surface area contributed by atoms with Crippen molar-refractivity contribution in [3.63, 3.8) is 0 Å². The maximum Gasteiger partial charge on any atom is 0.254 e. The number of hydrogen-bond acceptors (Lipinski definition) is 4. The van der Waals surface area contributed by atoms with Crippen LogP contribution in [0.3, 0.4) is 0 Å². The lowest BCUT2D eigenvalue weighted by Gasteiger charge is -2.33. The van der Waals surface area contributed by atoms with E-state index in [2.05, 4.69) is 28.2 Å². The van der Waals surface area contributed by atoms with Crippen molar-refractivity contribution in [2.75, 3.05) is 40.4 Å². The van der Waals surface area contributed by atoms with E-state index in [9.17, 15) is 4.79 Å². The molecule has 0 aliphatic carbocycles. The Kier molecular flexibility index (Phi) is 9.61. The second-order valence-electron chi connectivity index (χ2n) is 6.16. The quantitative estimate of drug-likeness (QED) is 0.709. The van der Waals surface area contributed by atoms with Crippen LogP contribution in [0.2, 0.25) is 0 Å². The largest absolute Gasteiger partial charge is 0.493 e. The number of carbonyl (C=O) groups excluding carboxylic acids is 1. The van der Waals surface area contributed by atoms with E-state index in [0.29, 0.717) is 29.6 Å². The van der Waals surface area contributed by atoms with Crippen LogP contribution < -0.4 is 14.8 Å². The molecule has 1 atom stereocenters. The van der Waals surface area contributed by atoms with Crippen molar-refractivity contribution in [3.05, 3.63) is 22.2 Å². The number of rotatable bonds is 7. The molecule has 1 aliphatic heterocycles. The van der Waals surface area contributed by atoms with Crippen LogP contribution in [0.15, 0.2) is 16.6 Å². The minimum absolute atomic E-state index is 0. The molecule has 1 heterocycles. The average Bonchev–Trinajstić information content (AvgIpc) is 2.60. The summed E-state index contributed by atoms with van der Waals surface area (Å²) in [6.07, 6.45) is 3.13. The van der Waals surface area contributed by atoms with E-state index in [-0.39, 0.29) is 18.3 Å². The zero-order chi connectivity index (χ0) is 17.5. The molecule has 1 aromatic rings. The van der Waals surface area contributed by atoms with Crippen molar-refractivity contribution >= 4 is 34.2 Å². The molecule has 1 N–H and O–H groups in total.